The van der Waals surface area contributed by atoms with Gasteiger partial charge in [0, 0.05) is 22.6 Å². The molecule has 2 aromatic carbocycles. The SMILES string of the molecule is CC(C)NC(=O)[C@H](C)N(Cc1ccc(Cl)cc1Cl)C(=O)COc1ccc(C(C)(C)C)cc1Br. The molecule has 0 saturated heterocycles. The van der Waals surface area contributed by atoms with E-state index in [9.17, 15) is 9.59 Å². The van der Waals surface area contributed by atoms with Gasteiger partial charge in [-0.25, -0.2) is 0 Å². The van der Waals surface area contributed by atoms with E-state index < -0.39 is 6.04 Å². The first kappa shape index (κ1) is 27.5. The van der Waals surface area contributed by atoms with Gasteiger partial charge in [-0.2, -0.15) is 0 Å². The molecule has 1 atom stereocenters. The van der Waals surface area contributed by atoms with Crippen LogP contribution < -0.4 is 10.1 Å². The van der Waals surface area contributed by atoms with Crippen LogP contribution in [-0.4, -0.2) is 35.4 Å². The summed E-state index contributed by atoms with van der Waals surface area (Å²) < 4.78 is 6.59. The molecular weight excluding hydrogens is 527 g/mol. The average Bonchev–Trinajstić information content (AvgIpc) is 2.70. The summed E-state index contributed by atoms with van der Waals surface area (Å²) in [4.78, 5) is 27.3. The summed E-state index contributed by atoms with van der Waals surface area (Å²) in [6, 6.07) is 10.1. The van der Waals surface area contributed by atoms with Crippen molar-refractivity contribution in [2.75, 3.05) is 6.61 Å². The Bertz CT molecular complexity index is 1010. The Morgan fingerprint density at radius 2 is 1.76 bits per heavy atom. The zero-order valence-electron chi connectivity index (χ0n) is 19.8. The second-order valence-corrected chi connectivity index (χ2v) is 11.0. The van der Waals surface area contributed by atoms with Crippen molar-refractivity contribution in [1.29, 1.82) is 0 Å². The van der Waals surface area contributed by atoms with Gasteiger partial charge in [0.15, 0.2) is 6.61 Å². The second kappa shape index (κ2) is 11.6. The number of ether oxygens (including phenoxy) is 1. The minimum absolute atomic E-state index is 0.00920. The van der Waals surface area contributed by atoms with Crippen LogP contribution >= 0.6 is 39.1 Å². The summed E-state index contributed by atoms with van der Waals surface area (Å²) in [6.45, 7) is 11.7. The van der Waals surface area contributed by atoms with E-state index in [0.29, 0.717) is 21.4 Å². The van der Waals surface area contributed by atoms with Crippen molar-refractivity contribution < 1.29 is 14.3 Å². The van der Waals surface area contributed by atoms with E-state index >= 15 is 0 Å². The van der Waals surface area contributed by atoms with Crippen molar-refractivity contribution in [2.24, 2.45) is 0 Å². The minimum Gasteiger partial charge on any atom is -0.483 e. The number of amides is 2. The Hall–Kier alpha value is -1.76. The van der Waals surface area contributed by atoms with Crippen LogP contribution in [0, 0.1) is 0 Å². The third kappa shape index (κ3) is 7.90. The molecule has 0 saturated carbocycles. The molecule has 5 nitrogen and oxygen atoms in total. The highest BCUT2D eigenvalue weighted by Gasteiger charge is 2.27. The number of hydrogen-bond donors (Lipinski definition) is 1. The Labute approximate surface area is 214 Å². The summed E-state index contributed by atoms with van der Waals surface area (Å²) >= 11 is 15.9. The third-order valence-corrected chi connectivity index (χ3v) is 6.31. The van der Waals surface area contributed by atoms with Crippen molar-refractivity contribution >= 4 is 50.9 Å². The standard InChI is InChI=1S/C25H31BrCl2N2O3/c1-15(2)29-24(32)16(3)30(13-17-7-9-19(27)12-21(17)28)23(31)14-33-22-10-8-18(11-20(22)26)25(4,5)6/h7-12,15-16H,13-14H2,1-6H3,(H,29,32)/t16-/m0/s1. The molecule has 0 aliphatic carbocycles. The van der Waals surface area contributed by atoms with Crippen LogP contribution in [0.3, 0.4) is 0 Å². The lowest BCUT2D eigenvalue weighted by Gasteiger charge is -2.29. The molecule has 180 valence electrons. The van der Waals surface area contributed by atoms with E-state index in [4.69, 9.17) is 27.9 Å². The predicted octanol–water partition coefficient (Wildman–Crippen LogP) is 6.37. The summed E-state index contributed by atoms with van der Waals surface area (Å²) in [5.74, 6) is -0.0292. The molecule has 33 heavy (non-hydrogen) atoms. The first-order valence-electron chi connectivity index (χ1n) is 10.8. The minimum atomic E-state index is -0.720. The zero-order chi connectivity index (χ0) is 24.9. The van der Waals surface area contributed by atoms with Crippen LogP contribution in [0.15, 0.2) is 40.9 Å². The van der Waals surface area contributed by atoms with Crippen LogP contribution in [0.2, 0.25) is 10.0 Å². The highest BCUT2D eigenvalue weighted by molar-refractivity contribution is 9.10. The normalized spacial score (nSPS) is 12.4. The zero-order valence-corrected chi connectivity index (χ0v) is 22.9. The summed E-state index contributed by atoms with van der Waals surface area (Å²) in [5, 5.41) is 3.78. The number of rotatable bonds is 8. The summed E-state index contributed by atoms with van der Waals surface area (Å²) in [7, 11) is 0. The van der Waals surface area contributed by atoms with Gasteiger partial charge in [0.05, 0.1) is 4.47 Å². The van der Waals surface area contributed by atoms with E-state index in [0.717, 1.165) is 10.0 Å². The molecule has 0 aliphatic heterocycles. The number of nitrogens with zero attached hydrogens (tertiary/aromatic N) is 1. The lowest BCUT2D eigenvalue weighted by atomic mass is 9.87. The molecule has 1 N–H and O–H groups in total. The van der Waals surface area contributed by atoms with E-state index in [1.165, 1.54) is 4.90 Å². The number of hydrogen-bond acceptors (Lipinski definition) is 3. The van der Waals surface area contributed by atoms with Gasteiger partial charge < -0.3 is 15.0 Å². The van der Waals surface area contributed by atoms with Gasteiger partial charge in [0.2, 0.25) is 5.91 Å². The van der Waals surface area contributed by atoms with Gasteiger partial charge >= 0.3 is 0 Å². The van der Waals surface area contributed by atoms with Crippen molar-refractivity contribution in [1.82, 2.24) is 10.2 Å². The fourth-order valence-corrected chi connectivity index (χ4v) is 4.09. The van der Waals surface area contributed by atoms with Crippen LogP contribution in [0.1, 0.15) is 52.7 Å². The van der Waals surface area contributed by atoms with Crippen molar-refractivity contribution in [3.8, 4) is 5.75 Å². The highest BCUT2D eigenvalue weighted by Crippen LogP contribution is 2.31. The molecular formula is C25H31BrCl2N2O3. The van der Waals surface area contributed by atoms with Crippen LogP contribution in [0.4, 0.5) is 0 Å². The van der Waals surface area contributed by atoms with E-state index in [-0.39, 0.29) is 36.4 Å². The number of carbonyl (C=O) groups excluding carboxylic acids is 2. The molecule has 0 heterocycles. The third-order valence-electron chi connectivity index (χ3n) is 5.10. The van der Waals surface area contributed by atoms with Crippen LogP contribution in [-0.2, 0) is 21.5 Å². The second-order valence-electron chi connectivity index (χ2n) is 9.28. The quantitative estimate of drug-likeness (QED) is 0.410. The number of benzene rings is 2. The molecule has 2 rings (SSSR count). The van der Waals surface area contributed by atoms with Gasteiger partial charge in [-0.3, -0.25) is 9.59 Å². The maximum absolute atomic E-state index is 13.2. The topological polar surface area (TPSA) is 58.6 Å². The molecule has 2 amide bonds. The lowest BCUT2D eigenvalue weighted by Crippen LogP contribution is -2.50. The largest absolute Gasteiger partial charge is 0.483 e. The first-order valence-corrected chi connectivity index (χ1v) is 12.3. The van der Waals surface area contributed by atoms with Gasteiger partial charge in [-0.05, 0) is 77.5 Å². The number of nitrogens with one attached hydrogen (secondary N) is 1. The molecule has 0 spiro atoms. The average molecular weight is 558 g/mol. The van der Waals surface area contributed by atoms with E-state index in [2.05, 4.69) is 42.0 Å². The summed E-state index contributed by atoms with van der Waals surface area (Å²) in [5.41, 5.74) is 1.82. The molecule has 0 radical (unpaired) electrons. The van der Waals surface area contributed by atoms with Gasteiger partial charge in [-0.15, -0.1) is 0 Å². The maximum Gasteiger partial charge on any atom is 0.261 e. The Morgan fingerprint density at radius 3 is 2.30 bits per heavy atom. The Balaban J connectivity index is 2.23. The molecule has 2 aromatic rings. The first-order chi connectivity index (χ1) is 15.3. The van der Waals surface area contributed by atoms with Crippen molar-refractivity contribution in [3.05, 3.63) is 62.0 Å². The molecule has 0 fully saturated rings. The van der Waals surface area contributed by atoms with Gasteiger partial charge in [0.1, 0.15) is 11.8 Å². The van der Waals surface area contributed by atoms with E-state index in [1.54, 1.807) is 25.1 Å². The molecule has 0 aliphatic rings. The van der Waals surface area contributed by atoms with Crippen molar-refractivity contribution in [3.63, 3.8) is 0 Å². The fraction of sp³-hybridized carbons (Fsp3) is 0.440. The smallest absolute Gasteiger partial charge is 0.261 e. The molecule has 0 bridgehead atoms. The number of halogens is 3. The van der Waals surface area contributed by atoms with Crippen LogP contribution in [0.5, 0.6) is 5.75 Å². The van der Waals surface area contributed by atoms with Gasteiger partial charge in [-0.1, -0.05) is 56.1 Å². The maximum atomic E-state index is 13.2. The molecule has 8 heteroatoms. The molecule has 0 unspecified atom stereocenters. The summed E-state index contributed by atoms with van der Waals surface area (Å²) in [6.07, 6.45) is 0. The predicted molar refractivity (Wildman–Crippen MR) is 138 cm³/mol. The highest BCUT2D eigenvalue weighted by atomic mass is 79.9. The monoisotopic (exact) mass is 556 g/mol. The van der Waals surface area contributed by atoms with E-state index in [1.807, 2.05) is 32.0 Å². The lowest BCUT2D eigenvalue weighted by molar-refractivity contribution is -0.142. The molecule has 0 aromatic heterocycles. The Morgan fingerprint density at radius 1 is 1.09 bits per heavy atom. The van der Waals surface area contributed by atoms with Crippen LogP contribution in [0.25, 0.3) is 0 Å². The Kier molecular flexibility index (Phi) is 9.65. The van der Waals surface area contributed by atoms with Crippen molar-refractivity contribution in [2.45, 2.75) is 65.6 Å². The van der Waals surface area contributed by atoms with Gasteiger partial charge in [0.25, 0.3) is 5.91 Å². The fourth-order valence-electron chi connectivity index (χ4n) is 3.13. The number of carbonyl (C=O) groups is 2.